The second kappa shape index (κ2) is 3.21. The monoisotopic (exact) mass is 240 g/mol. The van der Waals surface area contributed by atoms with E-state index in [0.717, 1.165) is 0 Å². The van der Waals surface area contributed by atoms with Gasteiger partial charge in [0.1, 0.15) is 0 Å². The lowest BCUT2D eigenvalue weighted by atomic mass is 9.71. The summed E-state index contributed by atoms with van der Waals surface area (Å²) in [4.78, 5) is 0. The van der Waals surface area contributed by atoms with Gasteiger partial charge in [-0.25, -0.2) is 0 Å². The van der Waals surface area contributed by atoms with Crippen LogP contribution in [0.2, 0.25) is 0 Å². The summed E-state index contributed by atoms with van der Waals surface area (Å²) >= 11 is 0. The maximum Gasteiger partial charge on any atom is -0.00609 e. The normalized spacial score (nSPS) is 36.6. The van der Waals surface area contributed by atoms with Crippen molar-refractivity contribution in [2.45, 2.75) is 76.5 Å². The summed E-state index contributed by atoms with van der Waals surface area (Å²) in [5.41, 5.74) is 9.63. The van der Waals surface area contributed by atoms with Crippen molar-refractivity contribution in [3.05, 3.63) is 33.9 Å². The lowest BCUT2D eigenvalue weighted by molar-refractivity contribution is 0.299. The van der Waals surface area contributed by atoms with Crippen LogP contribution in [0.15, 0.2) is 6.07 Å². The Kier molecular flexibility index (Phi) is 1.98. The number of rotatable bonds is 0. The van der Waals surface area contributed by atoms with Gasteiger partial charge in [0.15, 0.2) is 0 Å². The fourth-order valence-corrected chi connectivity index (χ4v) is 5.59. The van der Waals surface area contributed by atoms with Crippen molar-refractivity contribution in [3.8, 4) is 0 Å². The second-order valence-corrected chi connectivity index (χ2v) is 7.59. The molecule has 0 saturated carbocycles. The molecular formula is C18H24. The average molecular weight is 240 g/mol. The molecule has 18 heavy (non-hydrogen) atoms. The molecule has 1 aromatic rings. The molecule has 2 unspecified atom stereocenters. The van der Waals surface area contributed by atoms with Crippen LogP contribution in [0, 0.1) is 6.92 Å². The quantitative estimate of drug-likeness (QED) is 0.622. The molecular weight excluding hydrogens is 216 g/mol. The van der Waals surface area contributed by atoms with Gasteiger partial charge in [0, 0.05) is 0 Å². The van der Waals surface area contributed by atoms with E-state index in [1.165, 1.54) is 44.9 Å². The first-order chi connectivity index (χ1) is 8.54. The third-order valence-electron chi connectivity index (χ3n) is 6.06. The predicted octanol–water partition coefficient (Wildman–Crippen LogP) is 4.59. The summed E-state index contributed by atoms with van der Waals surface area (Å²) in [5.74, 6) is 0. The molecule has 3 aliphatic rings. The zero-order valence-corrected chi connectivity index (χ0v) is 12.0. The zero-order valence-electron chi connectivity index (χ0n) is 12.0. The average Bonchev–Trinajstić information content (AvgIpc) is 2.54. The van der Waals surface area contributed by atoms with Crippen LogP contribution in [0.1, 0.15) is 73.8 Å². The molecule has 0 aliphatic heterocycles. The van der Waals surface area contributed by atoms with Crippen molar-refractivity contribution in [1.82, 2.24) is 0 Å². The van der Waals surface area contributed by atoms with Crippen LogP contribution in [0.5, 0.6) is 0 Å². The molecule has 0 heterocycles. The fourth-order valence-electron chi connectivity index (χ4n) is 5.59. The molecule has 4 rings (SSSR count). The van der Waals surface area contributed by atoms with Crippen LogP contribution in [0.25, 0.3) is 0 Å². The van der Waals surface area contributed by atoms with Gasteiger partial charge in [-0.2, -0.15) is 0 Å². The first kappa shape index (κ1) is 11.1. The predicted molar refractivity (Wildman–Crippen MR) is 76.4 cm³/mol. The molecule has 96 valence electrons. The molecule has 0 saturated heterocycles. The van der Waals surface area contributed by atoms with E-state index in [1.807, 2.05) is 5.56 Å². The first-order valence-corrected chi connectivity index (χ1v) is 7.70. The van der Waals surface area contributed by atoms with Crippen molar-refractivity contribution < 1.29 is 0 Å². The molecule has 0 nitrogen and oxygen atoms in total. The van der Waals surface area contributed by atoms with E-state index in [1.54, 1.807) is 22.3 Å². The number of aryl methyl sites for hydroxylation is 2. The molecule has 3 aliphatic carbocycles. The Bertz CT molecular complexity index is 539. The minimum Gasteiger partial charge on any atom is -0.0555 e. The minimum absolute atomic E-state index is 0.503. The third-order valence-corrected chi connectivity index (χ3v) is 6.06. The highest BCUT2D eigenvalue weighted by molar-refractivity contribution is 5.58. The summed E-state index contributed by atoms with van der Waals surface area (Å²) in [6.07, 6.45) is 9.72. The van der Waals surface area contributed by atoms with E-state index in [9.17, 15) is 0 Å². The molecule has 0 N–H and O–H groups in total. The molecule has 0 bridgehead atoms. The van der Waals surface area contributed by atoms with Crippen LogP contribution in [-0.2, 0) is 23.7 Å². The summed E-state index contributed by atoms with van der Waals surface area (Å²) in [6, 6.07) is 2.53. The van der Waals surface area contributed by atoms with E-state index in [-0.39, 0.29) is 0 Å². The first-order valence-electron chi connectivity index (χ1n) is 7.70. The van der Waals surface area contributed by atoms with Gasteiger partial charge < -0.3 is 0 Å². The van der Waals surface area contributed by atoms with Crippen LogP contribution < -0.4 is 0 Å². The fraction of sp³-hybridized carbons (Fsp3) is 0.667. The molecule has 2 atom stereocenters. The highest BCUT2D eigenvalue weighted by Crippen LogP contribution is 2.59. The van der Waals surface area contributed by atoms with Gasteiger partial charge in [0.2, 0.25) is 0 Å². The van der Waals surface area contributed by atoms with Gasteiger partial charge >= 0.3 is 0 Å². The van der Waals surface area contributed by atoms with Crippen molar-refractivity contribution in [2.24, 2.45) is 0 Å². The summed E-state index contributed by atoms with van der Waals surface area (Å²) < 4.78 is 0. The maximum atomic E-state index is 2.55. The number of benzene rings is 1. The molecule has 0 heteroatoms. The topological polar surface area (TPSA) is 0 Å². The lowest BCUT2D eigenvalue weighted by Gasteiger charge is -2.33. The third kappa shape index (κ3) is 1.17. The summed E-state index contributed by atoms with van der Waals surface area (Å²) in [5, 5.41) is 0. The lowest BCUT2D eigenvalue weighted by Crippen LogP contribution is -2.27. The Balaban J connectivity index is 2.11. The summed E-state index contributed by atoms with van der Waals surface area (Å²) in [7, 11) is 0. The van der Waals surface area contributed by atoms with Crippen molar-refractivity contribution in [1.29, 1.82) is 0 Å². The molecule has 0 amide bonds. The van der Waals surface area contributed by atoms with Gasteiger partial charge in [-0.3, -0.25) is 0 Å². The zero-order chi connectivity index (χ0) is 12.5. The minimum atomic E-state index is 0.503. The largest absolute Gasteiger partial charge is 0.0555 e. The highest BCUT2D eigenvalue weighted by atomic mass is 14.5. The van der Waals surface area contributed by atoms with E-state index in [2.05, 4.69) is 26.8 Å². The summed E-state index contributed by atoms with van der Waals surface area (Å²) in [6.45, 7) is 7.45. The second-order valence-electron chi connectivity index (χ2n) is 7.59. The molecule has 0 fully saturated rings. The highest BCUT2D eigenvalue weighted by Gasteiger charge is 2.51. The SMILES string of the molecule is Cc1cc2c3c4c1CCCC4(C)CC3(C)CCC2. The molecule has 0 aromatic heterocycles. The van der Waals surface area contributed by atoms with Crippen molar-refractivity contribution >= 4 is 0 Å². The molecule has 0 radical (unpaired) electrons. The van der Waals surface area contributed by atoms with Gasteiger partial charge in [0.25, 0.3) is 0 Å². The maximum absolute atomic E-state index is 2.55. The van der Waals surface area contributed by atoms with Crippen molar-refractivity contribution in [3.63, 3.8) is 0 Å². The van der Waals surface area contributed by atoms with Crippen LogP contribution in [-0.4, -0.2) is 0 Å². The van der Waals surface area contributed by atoms with Crippen molar-refractivity contribution in [2.75, 3.05) is 0 Å². The Hall–Kier alpha value is -0.780. The Morgan fingerprint density at radius 1 is 0.944 bits per heavy atom. The Labute approximate surface area is 111 Å². The smallest absolute Gasteiger partial charge is 0.00609 e. The van der Waals surface area contributed by atoms with Gasteiger partial charge in [-0.15, -0.1) is 0 Å². The van der Waals surface area contributed by atoms with Gasteiger partial charge in [-0.1, -0.05) is 19.9 Å². The molecule has 0 spiro atoms. The number of hydrogen-bond donors (Lipinski definition) is 0. The van der Waals surface area contributed by atoms with Gasteiger partial charge in [0.05, 0.1) is 0 Å². The van der Waals surface area contributed by atoms with Crippen LogP contribution in [0.3, 0.4) is 0 Å². The van der Waals surface area contributed by atoms with E-state index in [0.29, 0.717) is 10.8 Å². The van der Waals surface area contributed by atoms with Gasteiger partial charge in [-0.05, 0) is 90.5 Å². The standard InChI is InChI=1S/C18H24/c1-12-10-13-6-4-8-17(2)11-18(3)9-5-7-14(12)16(18)15(13)17/h10H,4-9,11H2,1-3H3. The Morgan fingerprint density at radius 2 is 1.61 bits per heavy atom. The number of hydrogen-bond acceptors (Lipinski definition) is 0. The van der Waals surface area contributed by atoms with E-state index >= 15 is 0 Å². The molecule has 1 aromatic carbocycles. The van der Waals surface area contributed by atoms with Crippen LogP contribution >= 0.6 is 0 Å². The van der Waals surface area contributed by atoms with E-state index in [4.69, 9.17) is 0 Å². The Morgan fingerprint density at radius 3 is 2.39 bits per heavy atom. The van der Waals surface area contributed by atoms with Crippen LogP contribution in [0.4, 0.5) is 0 Å². The van der Waals surface area contributed by atoms with E-state index < -0.39 is 0 Å².